The highest BCUT2D eigenvalue weighted by Crippen LogP contribution is 2.34. The van der Waals surface area contributed by atoms with Crippen molar-refractivity contribution in [2.45, 2.75) is 13.3 Å². The van der Waals surface area contributed by atoms with Crippen LogP contribution in [0.15, 0.2) is 84.9 Å². The molecule has 0 heterocycles. The average molecular weight is 388 g/mol. The fourth-order valence-corrected chi connectivity index (χ4v) is 3.39. The Kier molecular flexibility index (Phi) is 7.62. The van der Waals surface area contributed by atoms with E-state index in [1.807, 2.05) is 19.2 Å². The number of aliphatic hydroxyl groups is 1. The van der Waals surface area contributed by atoms with E-state index in [2.05, 4.69) is 79.7 Å². The molecule has 0 amide bonds. The molecule has 150 valence electrons. The van der Waals surface area contributed by atoms with Gasteiger partial charge in [0.05, 0.1) is 6.73 Å². The topological polar surface area (TPSA) is 32.7 Å². The number of hydrogen-bond donors (Lipinski definition) is 1. The minimum absolute atomic E-state index is 0.0345. The highest BCUT2D eigenvalue weighted by molar-refractivity contribution is 5.98. The molecule has 0 radical (unpaired) electrons. The molecule has 3 rings (SSSR count). The molecule has 0 aliphatic heterocycles. The summed E-state index contributed by atoms with van der Waals surface area (Å²) in [7, 11) is 1.86. The van der Waals surface area contributed by atoms with E-state index in [4.69, 9.17) is 9.84 Å². The third kappa shape index (κ3) is 5.57. The first kappa shape index (κ1) is 20.8. The van der Waals surface area contributed by atoms with Crippen molar-refractivity contribution in [1.29, 1.82) is 0 Å². The maximum atomic E-state index is 9.07. The summed E-state index contributed by atoms with van der Waals surface area (Å²) in [5, 5.41) is 9.07. The van der Waals surface area contributed by atoms with Crippen molar-refractivity contribution in [3.63, 3.8) is 0 Å². The van der Waals surface area contributed by atoms with Crippen molar-refractivity contribution in [3.05, 3.63) is 102 Å². The van der Waals surface area contributed by atoms with Crippen LogP contribution in [-0.4, -0.2) is 36.9 Å². The summed E-state index contributed by atoms with van der Waals surface area (Å²) in [5.41, 5.74) is 6.23. The molecule has 0 saturated heterocycles. The van der Waals surface area contributed by atoms with E-state index in [-0.39, 0.29) is 6.73 Å². The second-order valence-electron chi connectivity index (χ2n) is 7.03. The van der Waals surface area contributed by atoms with Crippen LogP contribution in [0.3, 0.4) is 0 Å². The zero-order chi connectivity index (χ0) is 20.5. The summed E-state index contributed by atoms with van der Waals surface area (Å²) >= 11 is 0. The lowest BCUT2D eigenvalue weighted by molar-refractivity contribution is 0.116. The fraction of sp³-hybridized carbons (Fsp3) is 0.231. The number of nitrogens with zero attached hydrogens (tertiary/aromatic N) is 1. The van der Waals surface area contributed by atoms with Crippen molar-refractivity contribution in [2.75, 3.05) is 26.9 Å². The first-order chi connectivity index (χ1) is 14.2. The highest BCUT2D eigenvalue weighted by atomic mass is 16.5. The molecule has 0 spiro atoms. The third-order valence-corrected chi connectivity index (χ3v) is 4.97. The van der Waals surface area contributed by atoms with Gasteiger partial charge < -0.3 is 9.84 Å². The van der Waals surface area contributed by atoms with Gasteiger partial charge in [-0.1, -0.05) is 79.7 Å². The average Bonchev–Trinajstić information content (AvgIpc) is 2.79. The Labute approximate surface area is 173 Å². The van der Waals surface area contributed by atoms with E-state index < -0.39 is 0 Å². The van der Waals surface area contributed by atoms with E-state index in [9.17, 15) is 0 Å². The molecule has 0 fully saturated rings. The van der Waals surface area contributed by atoms with Crippen LogP contribution in [0.5, 0.6) is 5.75 Å². The minimum atomic E-state index is 0.0345. The molecule has 0 atom stereocenters. The summed E-state index contributed by atoms with van der Waals surface area (Å²) < 4.78 is 5.82. The minimum Gasteiger partial charge on any atom is -0.492 e. The lowest BCUT2D eigenvalue weighted by Gasteiger charge is -2.17. The quantitative estimate of drug-likeness (QED) is 0.399. The smallest absolute Gasteiger partial charge is 0.119 e. The van der Waals surface area contributed by atoms with Crippen LogP contribution in [0.25, 0.3) is 11.1 Å². The predicted octanol–water partition coefficient (Wildman–Crippen LogP) is 5.32. The van der Waals surface area contributed by atoms with Crippen molar-refractivity contribution in [2.24, 2.45) is 0 Å². The second kappa shape index (κ2) is 10.6. The van der Waals surface area contributed by atoms with E-state index in [1.165, 1.54) is 27.8 Å². The first-order valence-corrected chi connectivity index (χ1v) is 10.1. The van der Waals surface area contributed by atoms with Gasteiger partial charge >= 0.3 is 0 Å². The van der Waals surface area contributed by atoms with Gasteiger partial charge in [0, 0.05) is 6.54 Å². The van der Waals surface area contributed by atoms with Gasteiger partial charge in [0.2, 0.25) is 0 Å². The van der Waals surface area contributed by atoms with Crippen molar-refractivity contribution < 1.29 is 9.84 Å². The fourth-order valence-electron chi connectivity index (χ4n) is 3.39. The predicted molar refractivity (Wildman–Crippen MR) is 121 cm³/mol. The number of benzene rings is 3. The van der Waals surface area contributed by atoms with Gasteiger partial charge in [0.15, 0.2) is 0 Å². The molecule has 3 aromatic carbocycles. The molecule has 0 aliphatic carbocycles. The number of aliphatic hydroxyl groups excluding tert-OH is 1. The zero-order valence-corrected chi connectivity index (χ0v) is 17.2. The number of rotatable bonds is 9. The van der Waals surface area contributed by atoms with Crippen LogP contribution in [-0.2, 0) is 0 Å². The number of allylic oxidation sites excluding steroid dienone is 1. The molecule has 1 N–H and O–H groups in total. The van der Waals surface area contributed by atoms with E-state index in [0.29, 0.717) is 13.2 Å². The molecule has 3 nitrogen and oxygen atoms in total. The third-order valence-electron chi connectivity index (χ3n) is 4.97. The standard InChI is InChI=1S/C26H29NO2/c1-3-25(21-10-6-4-7-11-21)26(22-12-8-5-9-13-22)23-14-16-24(17-15-23)29-19-18-27(2)20-28/h4-17,28H,3,18-20H2,1-2H3/b26-25+. The maximum Gasteiger partial charge on any atom is 0.119 e. The number of hydrogen-bond acceptors (Lipinski definition) is 3. The second-order valence-corrected chi connectivity index (χ2v) is 7.03. The summed E-state index contributed by atoms with van der Waals surface area (Å²) in [4.78, 5) is 1.80. The number of likely N-dealkylation sites (N-methyl/N-ethyl adjacent to an activating group) is 1. The Morgan fingerprint density at radius 2 is 1.34 bits per heavy atom. The van der Waals surface area contributed by atoms with Crippen LogP contribution in [0.4, 0.5) is 0 Å². The van der Waals surface area contributed by atoms with Gasteiger partial charge in [-0.25, -0.2) is 0 Å². The van der Waals surface area contributed by atoms with Gasteiger partial charge in [-0.2, -0.15) is 0 Å². The van der Waals surface area contributed by atoms with Crippen LogP contribution < -0.4 is 4.74 Å². The van der Waals surface area contributed by atoms with Gasteiger partial charge in [-0.3, -0.25) is 4.90 Å². The van der Waals surface area contributed by atoms with Crippen LogP contribution >= 0.6 is 0 Å². The summed E-state index contributed by atoms with van der Waals surface area (Å²) in [6.45, 7) is 3.47. The van der Waals surface area contributed by atoms with Gasteiger partial charge in [-0.05, 0) is 53.4 Å². The SMILES string of the molecule is CC/C(=C(/c1ccccc1)c1ccc(OCCN(C)CO)cc1)c1ccccc1. The molecule has 29 heavy (non-hydrogen) atoms. The van der Waals surface area contributed by atoms with E-state index >= 15 is 0 Å². The molecule has 0 unspecified atom stereocenters. The van der Waals surface area contributed by atoms with Gasteiger partial charge in [0.1, 0.15) is 12.4 Å². The summed E-state index contributed by atoms with van der Waals surface area (Å²) in [6.07, 6.45) is 0.944. The lowest BCUT2D eigenvalue weighted by atomic mass is 9.88. The van der Waals surface area contributed by atoms with Crippen LogP contribution in [0, 0.1) is 0 Å². The first-order valence-electron chi connectivity index (χ1n) is 10.1. The van der Waals surface area contributed by atoms with Gasteiger partial charge in [0.25, 0.3) is 0 Å². The Morgan fingerprint density at radius 3 is 1.90 bits per heavy atom. The molecular formula is C26H29NO2. The number of ether oxygens (including phenoxy) is 1. The Balaban J connectivity index is 1.94. The molecule has 0 saturated carbocycles. The summed E-state index contributed by atoms with van der Waals surface area (Å²) in [5.74, 6) is 0.838. The molecule has 0 bridgehead atoms. The largest absolute Gasteiger partial charge is 0.492 e. The zero-order valence-electron chi connectivity index (χ0n) is 17.2. The normalized spacial score (nSPS) is 12.0. The van der Waals surface area contributed by atoms with E-state index in [1.54, 1.807) is 4.90 Å². The lowest BCUT2D eigenvalue weighted by Crippen LogP contribution is -2.24. The highest BCUT2D eigenvalue weighted by Gasteiger charge is 2.13. The molecule has 0 aliphatic rings. The molecule has 3 heteroatoms. The Hall–Kier alpha value is -2.88. The Bertz CT molecular complexity index is 902. The van der Waals surface area contributed by atoms with Crippen LogP contribution in [0.2, 0.25) is 0 Å². The van der Waals surface area contributed by atoms with Crippen molar-refractivity contribution >= 4 is 11.1 Å². The van der Waals surface area contributed by atoms with Crippen molar-refractivity contribution in [3.8, 4) is 5.75 Å². The van der Waals surface area contributed by atoms with Crippen molar-refractivity contribution in [1.82, 2.24) is 4.90 Å². The molecular weight excluding hydrogens is 358 g/mol. The summed E-state index contributed by atoms with van der Waals surface area (Å²) in [6, 6.07) is 29.5. The van der Waals surface area contributed by atoms with Crippen LogP contribution in [0.1, 0.15) is 30.0 Å². The van der Waals surface area contributed by atoms with E-state index in [0.717, 1.165) is 12.2 Å². The van der Waals surface area contributed by atoms with Gasteiger partial charge in [-0.15, -0.1) is 0 Å². The Morgan fingerprint density at radius 1 is 0.793 bits per heavy atom. The molecule has 0 aromatic heterocycles. The maximum absolute atomic E-state index is 9.07. The molecule has 3 aromatic rings. The monoisotopic (exact) mass is 387 g/mol.